The number of anilines is 1. The minimum Gasteiger partial charge on any atom is -0.382 e. The first kappa shape index (κ1) is 20.8. The maximum atomic E-state index is 14.1. The fourth-order valence-electron chi connectivity index (χ4n) is 3.00. The summed E-state index contributed by atoms with van der Waals surface area (Å²) in [6.07, 6.45) is 0.899. The Labute approximate surface area is 189 Å². The molecule has 6 nitrogen and oxygen atoms in total. The van der Waals surface area contributed by atoms with E-state index in [0.717, 1.165) is 5.56 Å². The van der Waals surface area contributed by atoms with Crippen LogP contribution in [-0.2, 0) is 16.2 Å². The number of oxime groups is 1. The van der Waals surface area contributed by atoms with E-state index < -0.39 is 17.8 Å². The van der Waals surface area contributed by atoms with Crippen LogP contribution in [0.25, 0.3) is 0 Å². The second kappa shape index (κ2) is 8.75. The van der Waals surface area contributed by atoms with Crippen molar-refractivity contribution >= 4 is 56.6 Å². The molecule has 1 N–H and O–H groups in total. The van der Waals surface area contributed by atoms with E-state index in [1.165, 1.54) is 12.1 Å². The number of aromatic nitrogens is 2. The average Bonchev–Trinajstić information content (AvgIpc) is 3.31. The highest BCUT2D eigenvalue weighted by atomic mass is 79.9. The van der Waals surface area contributed by atoms with Gasteiger partial charge < -0.3 is 10.2 Å². The number of hydrogen-bond donors (Lipinski definition) is 1. The topological polar surface area (TPSA) is 68.5 Å². The van der Waals surface area contributed by atoms with Crippen molar-refractivity contribution in [3.63, 3.8) is 0 Å². The van der Waals surface area contributed by atoms with E-state index in [-0.39, 0.29) is 22.7 Å². The molecule has 1 aliphatic rings. The van der Waals surface area contributed by atoms with E-state index in [4.69, 9.17) is 28.0 Å². The summed E-state index contributed by atoms with van der Waals surface area (Å²) >= 11 is 15.6. The van der Waals surface area contributed by atoms with Crippen LogP contribution in [0.2, 0.25) is 10.0 Å². The molecule has 1 amide bonds. The molecule has 0 radical (unpaired) electrons. The van der Waals surface area contributed by atoms with Gasteiger partial charge in [0, 0.05) is 17.6 Å². The van der Waals surface area contributed by atoms with Crippen LogP contribution in [0.5, 0.6) is 0 Å². The van der Waals surface area contributed by atoms with E-state index >= 15 is 0 Å². The third-order valence-electron chi connectivity index (χ3n) is 4.46. The first-order chi connectivity index (χ1) is 14.4. The molecule has 1 aromatic heterocycles. The Morgan fingerprint density at radius 2 is 2.00 bits per heavy atom. The predicted octanol–water partition coefficient (Wildman–Crippen LogP) is 5.27. The smallest absolute Gasteiger partial charge is 0.269 e. The zero-order valence-electron chi connectivity index (χ0n) is 15.3. The van der Waals surface area contributed by atoms with E-state index in [1.807, 2.05) is 18.2 Å². The highest BCUT2D eigenvalue weighted by Gasteiger charge is 2.32. The fourth-order valence-corrected chi connectivity index (χ4v) is 3.88. The maximum Gasteiger partial charge on any atom is 0.269 e. The molecule has 3 aromatic rings. The van der Waals surface area contributed by atoms with Crippen LogP contribution in [0.1, 0.15) is 17.5 Å². The lowest BCUT2D eigenvalue weighted by Crippen LogP contribution is -2.28. The summed E-state index contributed by atoms with van der Waals surface area (Å²) in [5.74, 6) is -0.648. The van der Waals surface area contributed by atoms with Crippen LogP contribution < -0.4 is 5.32 Å². The summed E-state index contributed by atoms with van der Waals surface area (Å²) in [5, 5.41) is 11.7. The minimum absolute atomic E-state index is 0.0877. The highest BCUT2D eigenvalue weighted by molar-refractivity contribution is 9.10. The number of carbonyl (C=O) groups excluding carboxylic acids is 1. The number of rotatable bonds is 5. The highest BCUT2D eigenvalue weighted by Crippen LogP contribution is 2.27. The van der Waals surface area contributed by atoms with Crippen molar-refractivity contribution in [2.75, 3.05) is 5.32 Å². The molecular formula is C20H14BrCl2FN4O2. The van der Waals surface area contributed by atoms with Gasteiger partial charge in [0.1, 0.15) is 5.82 Å². The van der Waals surface area contributed by atoms with Gasteiger partial charge >= 0.3 is 0 Å². The summed E-state index contributed by atoms with van der Waals surface area (Å²) in [5.41, 5.74) is 1.31. The van der Waals surface area contributed by atoms with E-state index in [0.29, 0.717) is 21.9 Å². The van der Waals surface area contributed by atoms with Gasteiger partial charge in [-0.25, -0.2) is 4.39 Å². The summed E-state index contributed by atoms with van der Waals surface area (Å²) < 4.78 is 16.3. The molecule has 0 saturated carbocycles. The molecule has 2 aromatic carbocycles. The first-order valence-corrected chi connectivity index (χ1v) is 10.4. The van der Waals surface area contributed by atoms with E-state index in [1.54, 1.807) is 23.0 Å². The molecule has 2 heterocycles. The summed E-state index contributed by atoms with van der Waals surface area (Å²) in [6.45, 7) is 0.438. The molecule has 0 spiro atoms. The van der Waals surface area contributed by atoms with Gasteiger partial charge in [-0.2, -0.15) is 5.10 Å². The monoisotopic (exact) mass is 510 g/mol. The number of nitrogens with zero attached hydrogens (tertiary/aromatic N) is 3. The van der Waals surface area contributed by atoms with Crippen molar-refractivity contribution in [2.45, 2.75) is 19.1 Å². The number of carbonyl (C=O) groups is 1. The van der Waals surface area contributed by atoms with Gasteiger partial charge in [0.2, 0.25) is 6.10 Å². The van der Waals surface area contributed by atoms with Crippen molar-refractivity contribution in [1.29, 1.82) is 0 Å². The summed E-state index contributed by atoms with van der Waals surface area (Å²) in [4.78, 5) is 17.8. The Morgan fingerprint density at radius 3 is 2.77 bits per heavy atom. The number of halogens is 4. The molecule has 0 aliphatic carbocycles. The number of amides is 1. The molecule has 1 atom stereocenters. The van der Waals surface area contributed by atoms with Crippen molar-refractivity contribution in [1.82, 2.24) is 9.78 Å². The molecule has 0 saturated heterocycles. The Balaban J connectivity index is 1.43. The zero-order chi connectivity index (χ0) is 21.3. The van der Waals surface area contributed by atoms with E-state index in [2.05, 4.69) is 31.5 Å². The van der Waals surface area contributed by atoms with Gasteiger partial charge in [-0.15, -0.1) is 0 Å². The van der Waals surface area contributed by atoms with Crippen molar-refractivity contribution in [2.24, 2.45) is 5.16 Å². The van der Waals surface area contributed by atoms with Crippen molar-refractivity contribution in [3.05, 3.63) is 80.1 Å². The number of benzene rings is 2. The van der Waals surface area contributed by atoms with Gasteiger partial charge in [0.25, 0.3) is 5.91 Å². The lowest BCUT2D eigenvalue weighted by molar-refractivity contribution is -0.125. The second-order valence-corrected chi connectivity index (χ2v) is 8.21. The van der Waals surface area contributed by atoms with Crippen molar-refractivity contribution in [3.8, 4) is 0 Å². The lowest BCUT2D eigenvalue weighted by Gasteiger charge is -2.08. The van der Waals surface area contributed by atoms with Crippen LogP contribution in [0, 0.1) is 5.82 Å². The first-order valence-electron chi connectivity index (χ1n) is 8.86. The molecule has 30 heavy (non-hydrogen) atoms. The molecule has 0 bridgehead atoms. The number of hydrogen-bond acceptors (Lipinski definition) is 4. The van der Waals surface area contributed by atoms with Crippen LogP contribution in [-0.4, -0.2) is 27.5 Å². The normalized spacial score (nSPS) is 15.6. The van der Waals surface area contributed by atoms with Crippen molar-refractivity contribution < 1.29 is 14.0 Å². The molecule has 0 fully saturated rings. The fraction of sp³-hybridized carbons (Fsp3) is 0.150. The van der Waals surface area contributed by atoms with Crippen LogP contribution in [0.3, 0.4) is 0 Å². The maximum absolute atomic E-state index is 14.1. The van der Waals surface area contributed by atoms with Crippen LogP contribution >= 0.6 is 39.1 Å². The third-order valence-corrected chi connectivity index (χ3v) is 5.73. The molecule has 10 heteroatoms. The SMILES string of the molecule is O=C(Nc1nn(Cc2ccccc2Cl)cc1Br)C1CC(c2c(F)cccc2Cl)=NO1. The molecule has 1 aliphatic heterocycles. The standard InChI is InChI=1S/C20H14BrCl2FN4O2/c21-12-10-28(9-11-4-1-2-5-13(11)22)26-19(12)25-20(29)17-8-16(27-30-17)18-14(23)6-3-7-15(18)24/h1-7,10,17H,8-9H2,(H,25,26,29). The van der Waals surface area contributed by atoms with Gasteiger partial charge in [0.15, 0.2) is 5.82 Å². The largest absolute Gasteiger partial charge is 0.382 e. The van der Waals surface area contributed by atoms with Gasteiger partial charge in [-0.3, -0.25) is 9.48 Å². The summed E-state index contributed by atoms with van der Waals surface area (Å²) in [7, 11) is 0. The summed E-state index contributed by atoms with van der Waals surface area (Å²) in [6, 6.07) is 11.8. The quantitative estimate of drug-likeness (QED) is 0.507. The molecule has 1 unspecified atom stereocenters. The molecule has 4 rings (SSSR count). The zero-order valence-corrected chi connectivity index (χ0v) is 18.4. The van der Waals surface area contributed by atoms with Crippen LogP contribution in [0.4, 0.5) is 10.2 Å². The van der Waals surface area contributed by atoms with Gasteiger partial charge in [-0.1, -0.05) is 52.6 Å². The average molecular weight is 512 g/mol. The number of nitrogens with one attached hydrogen (secondary N) is 1. The Bertz CT molecular complexity index is 1130. The molecular weight excluding hydrogens is 498 g/mol. The predicted molar refractivity (Wildman–Crippen MR) is 117 cm³/mol. The Morgan fingerprint density at radius 1 is 1.23 bits per heavy atom. The molecule has 154 valence electrons. The van der Waals surface area contributed by atoms with E-state index in [9.17, 15) is 9.18 Å². The lowest BCUT2D eigenvalue weighted by atomic mass is 10.0. The van der Waals surface area contributed by atoms with Gasteiger partial charge in [-0.05, 0) is 39.7 Å². The Hall–Kier alpha value is -2.42. The third kappa shape index (κ3) is 4.35. The minimum atomic E-state index is -0.920. The second-order valence-electron chi connectivity index (χ2n) is 6.54. The van der Waals surface area contributed by atoms with Gasteiger partial charge in [0.05, 0.1) is 27.3 Å². The Kier molecular flexibility index (Phi) is 6.08. The van der Waals surface area contributed by atoms with Crippen LogP contribution in [0.15, 0.2) is 58.3 Å².